The van der Waals surface area contributed by atoms with Gasteiger partial charge in [-0.3, -0.25) is 9.59 Å². The molecule has 7 heteroatoms. The molecule has 0 aliphatic heterocycles. The first-order chi connectivity index (χ1) is 12.6. The molecule has 0 radical (unpaired) electrons. The third kappa shape index (κ3) is 4.58. The summed E-state index contributed by atoms with van der Waals surface area (Å²) in [6.45, 7) is 0.399. The van der Waals surface area contributed by atoms with E-state index >= 15 is 0 Å². The van der Waals surface area contributed by atoms with Crippen molar-refractivity contribution in [2.45, 2.75) is 12.5 Å². The second-order valence-electron chi connectivity index (χ2n) is 5.60. The molecule has 2 heterocycles. The Morgan fingerprint density at radius 3 is 2.46 bits per heavy atom. The van der Waals surface area contributed by atoms with E-state index in [1.165, 1.54) is 12.1 Å². The molecule has 0 spiro atoms. The van der Waals surface area contributed by atoms with Crippen LogP contribution in [0.5, 0.6) is 0 Å². The van der Waals surface area contributed by atoms with Gasteiger partial charge in [-0.2, -0.15) is 0 Å². The standard InChI is InChI=1S/C19H17FN2O3S/c20-14-7-5-13(6-8-14)11-21-18(23)19(24)22-12-15(16-3-1-9-25-16)17-4-2-10-26-17/h1-10,15H,11-12H2,(H,21,23)(H,22,24)/t15-/m1/s1. The highest BCUT2D eigenvalue weighted by Crippen LogP contribution is 2.28. The van der Waals surface area contributed by atoms with Gasteiger partial charge in [-0.15, -0.1) is 11.3 Å². The maximum Gasteiger partial charge on any atom is 0.309 e. The molecule has 0 bridgehead atoms. The first-order valence-corrected chi connectivity index (χ1v) is 8.88. The van der Waals surface area contributed by atoms with E-state index in [1.54, 1.807) is 35.8 Å². The Hall–Kier alpha value is -2.93. The second-order valence-corrected chi connectivity index (χ2v) is 6.58. The van der Waals surface area contributed by atoms with E-state index in [0.29, 0.717) is 5.56 Å². The maximum atomic E-state index is 12.9. The average Bonchev–Trinajstić information content (AvgIpc) is 3.35. The Labute approximate surface area is 153 Å². The van der Waals surface area contributed by atoms with Gasteiger partial charge in [0.25, 0.3) is 0 Å². The summed E-state index contributed by atoms with van der Waals surface area (Å²) in [5, 5.41) is 7.10. The van der Waals surface area contributed by atoms with Crippen LogP contribution in [-0.4, -0.2) is 18.4 Å². The van der Waals surface area contributed by atoms with Crippen molar-refractivity contribution in [2.24, 2.45) is 0 Å². The van der Waals surface area contributed by atoms with Gasteiger partial charge in [-0.1, -0.05) is 18.2 Å². The van der Waals surface area contributed by atoms with Crippen molar-refractivity contribution in [3.63, 3.8) is 0 Å². The zero-order chi connectivity index (χ0) is 18.4. The Bertz CT molecular complexity index is 811. The third-order valence-electron chi connectivity index (χ3n) is 3.81. The van der Waals surface area contributed by atoms with Gasteiger partial charge in [-0.25, -0.2) is 4.39 Å². The lowest BCUT2D eigenvalue weighted by Crippen LogP contribution is -2.41. The Morgan fingerprint density at radius 1 is 1.04 bits per heavy atom. The number of rotatable bonds is 6. The topological polar surface area (TPSA) is 71.3 Å². The summed E-state index contributed by atoms with van der Waals surface area (Å²) in [5.41, 5.74) is 0.708. The minimum absolute atomic E-state index is 0.152. The number of hydrogen-bond acceptors (Lipinski definition) is 4. The molecule has 0 aliphatic carbocycles. The smallest absolute Gasteiger partial charge is 0.309 e. The van der Waals surface area contributed by atoms with Crippen LogP contribution in [0.4, 0.5) is 4.39 Å². The molecule has 1 atom stereocenters. The van der Waals surface area contributed by atoms with Crippen LogP contribution in [0.25, 0.3) is 0 Å². The molecule has 3 aromatic rings. The van der Waals surface area contributed by atoms with Gasteiger partial charge in [0.1, 0.15) is 11.6 Å². The fraction of sp³-hybridized carbons (Fsp3) is 0.158. The minimum atomic E-state index is -0.737. The third-order valence-corrected chi connectivity index (χ3v) is 4.80. The van der Waals surface area contributed by atoms with E-state index in [0.717, 1.165) is 10.6 Å². The lowest BCUT2D eigenvalue weighted by atomic mass is 10.0. The van der Waals surface area contributed by atoms with Gasteiger partial charge >= 0.3 is 11.8 Å². The number of carbonyl (C=O) groups is 2. The quantitative estimate of drug-likeness (QED) is 0.654. The Kier molecular flexibility index (Phi) is 5.80. The summed E-state index contributed by atoms with van der Waals surface area (Å²) in [6.07, 6.45) is 1.58. The summed E-state index contributed by atoms with van der Waals surface area (Å²) in [5.74, 6) is -1.24. The molecule has 2 N–H and O–H groups in total. The molecule has 5 nitrogen and oxygen atoms in total. The zero-order valence-corrected chi connectivity index (χ0v) is 14.6. The molecule has 2 aromatic heterocycles. The highest BCUT2D eigenvalue weighted by molar-refractivity contribution is 7.10. The van der Waals surface area contributed by atoms with Crippen LogP contribution in [-0.2, 0) is 16.1 Å². The fourth-order valence-electron chi connectivity index (χ4n) is 2.46. The lowest BCUT2D eigenvalue weighted by molar-refractivity contribution is -0.139. The fourth-order valence-corrected chi connectivity index (χ4v) is 3.30. The SMILES string of the molecule is O=C(NCc1ccc(F)cc1)C(=O)NC[C@H](c1ccco1)c1cccs1. The number of benzene rings is 1. The monoisotopic (exact) mass is 372 g/mol. The molecular weight excluding hydrogens is 355 g/mol. The predicted molar refractivity (Wildman–Crippen MR) is 96.1 cm³/mol. The van der Waals surface area contributed by atoms with Crippen molar-refractivity contribution in [3.8, 4) is 0 Å². The predicted octanol–water partition coefficient (Wildman–Crippen LogP) is 3.04. The summed E-state index contributed by atoms with van der Waals surface area (Å²) >= 11 is 1.56. The highest BCUT2D eigenvalue weighted by Gasteiger charge is 2.21. The van der Waals surface area contributed by atoms with E-state index in [-0.39, 0.29) is 24.8 Å². The Morgan fingerprint density at radius 2 is 1.81 bits per heavy atom. The second kappa shape index (κ2) is 8.44. The molecule has 0 unspecified atom stereocenters. The lowest BCUT2D eigenvalue weighted by Gasteiger charge is -2.14. The first-order valence-electron chi connectivity index (χ1n) is 8.01. The van der Waals surface area contributed by atoms with E-state index in [4.69, 9.17) is 4.42 Å². The van der Waals surface area contributed by atoms with Crippen LogP contribution in [0.2, 0.25) is 0 Å². The van der Waals surface area contributed by atoms with Crippen molar-refractivity contribution >= 4 is 23.2 Å². The molecule has 1 aromatic carbocycles. The molecule has 0 fully saturated rings. The molecule has 0 saturated heterocycles. The zero-order valence-electron chi connectivity index (χ0n) is 13.8. The van der Waals surface area contributed by atoms with Crippen LogP contribution >= 0.6 is 11.3 Å². The van der Waals surface area contributed by atoms with Crippen molar-refractivity contribution < 1.29 is 18.4 Å². The summed E-state index contributed by atoms with van der Waals surface area (Å²) in [6, 6.07) is 13.2. The van der Waals surface area contributed by atoms with Gasteiger partial charge in [0, 0.05) is 18.0 Å². The maximum absolute atomic E-state index is 12.9. The van der Waals surface area contributed by atoms with E-state index < -0.39 is 11.8 Å². The van der Waals surface area contributed by atoms with E-state index in [1.807, 2.05) is 23.6 Å². The van der Waals surface area contributed by atoms with Crippen molar-refractivity contribution in [1.29, 1.82) is 0 Å². The van der Waals surface area contributed by atoms with Gasteiger partial charge in [0.05, 0.1) is 12.2 Å². The van der Waals surface area contributed by atoms with Crippen LogP contribution in [0, 0.1) is 5.82 Å². The van der Waals surface area contributed by atoms with E-state index in [9.17, 15) is 14.0 Å². The largest absolute Gasteiger partial charge is 0.469 e. The molecule has 0 saturated carbocycles. The van der Waals surface area contributed by atoms with Gasteiger partial charge in [0.15, 0.2) is 0 Å². The van der Waals surface area contributed by atoms with Gasteiger partial charge < -0.3 is 15.1 Å². The Balaban J connectivity index is 1.54. The summed E-state index contributed by atoms with van der Waals surface area (Å²) in [7, 11) is 0. The van der Waals surface area contributed by atoms with Crippen molar-refractivity contribution in [1.82, 2.24) is 10.6 Å². The average molecular weight is 372 g/mol. The molecule has 26 heavy (non-hydrogen) atoms. The van der Waals surface area contributed by atoms with Crippen LogP contribution in [0.15, 0.2) is 64.6 Å². The number of nitrogens with one attached hydrogen (secondary N) is 2. The number of halogens is 1. The normalized spacial score (nSPS) is 11.7. The van der Waals surface area contributed by atoms with Crippen LogP contribution in [0.1, 0.15) is 22.1 Å². The molecule has 0 aliphatic rings. The molecule has 3 rings (SSSR count). The number of carbonyl (C=O) groups excluding carboxylic acids is 2. The summed E-state index contributed by atoms with van der Waals surface area (Å²) < 4.78 is 18.3. The minimum Gasteiger partial charge on any atom is -0.469 e. The number of furan rings is 1. The van der Waals surface area contributed by atoms with Crippen LogP contribution in [0.3, 0.4) is 0 Å². The van der Waals surface area contributed by atoms with Crippen LogP contribution < -0.4 is 10.6 Å². The molecule has 2 amide bonds. The van der Waals surface area contributed by atoms with Crippen molar-refractivity contribution in [2.75, 3.05) is 6.54 Å². The highest BCUT2D eigenvalue weighted by atomic mass is 32.1. The van der Waals surface area contributed by atoms with Gasteiger partial charge in [0.2, 0.25) is 0 Å². The van der Waals surface area contributed by atoms with Crippen molar-refractivity contribution in [3.05, 3.63) is 82.2 Å². The molecule has 134 valence electrons. The first kappa shape index (κ1) is 17.9. The van der Waals surface area contributed by atoms with E-state index in [2.05, 4.69) is 10.6 Å². The van der Waals surface area contributed by atoms with Gasteiger partial charge in [-0.05, 0) is 41.3 Å². The number of hydrogen-bond donors (Lipinski definition) is 2. The molecular formula is C19H17FN2O3S. The number of amides is 2. The number of thiophene rings is 1. The summed E-state index contributed by atoms with van der Waals surface area (Å²) in [4.78, 5) is 25.0.